The first kappa shape index (κ1) is 15.3. The molecule has 1 aromatic carbocycles. The van der Waals surface area contributed by atoms with Gasteiger partial charge in [0.2, 0.25) is 0 Å². The SMILES string of the molecule is Cc1ccc(F)c(OCC(=O)NC2C3CCC(C3)C2CO)c1. The zero-order chi connectivity index (χ0) is 15.7. The summed E-state index contributed by atoms with van der Waals surface area (Å²) in [5.41, 5.74) is 0.880. The Bertz CT molecular complexity index is 563. The second-order valence-electron chi connectivity index (χ2n) is 6.50. The molecule has 0 radical (unpaired) electrons. The number of hydrogen-bond acceptors (Lipinski definition) is 3. The summed E-state index contributed by atoms with van der Waals surface area (Å²) in [5.74, 6) is 0.515. The zero-order valence-electron chi connectivity index (χ0n) is 12.7. The van der Waals surface area contributed by atoms with Gasteiger partial charge in [-0.25, -0.2) is 4.39 Å². The summed E-state index contributed by atoms with van der Waals surface area (Å²) in [6, 6.07) is 4.60. The van der Waals surface area contributed by atoms with Crippen molar-refractivity contribution in [3.63, 3.8) is 0 Å². The Hall–Kier alpha value is -1.62. The molecule has 0 heterocycles. The maximum absolute atomic E-state index is 13.6. The zero-order valence-corrected chi connectivity index (χ0v) is 12.7. The fraction of sp³-hybridized carbons (Fsp3) is 0.588. The van der Waals surface area contributed by atoms with Crippen LogP contribution in [0.4, 0.5) is 4.39 Å². The van der Waals surface area contributed by atoms with Crippen LogP contribution in [0.5, 0.6) is 5.75 Å². The van der Waals surface area contributed by atoms with Crippen molar-refractivity contribution >= 4 is 5.91 Å². The summed E-state index contributed by atoms with van der Waals surface area (Å²) < 4.78 is 18.9. The number of aliphatic hydroxyl groups is 1. The van der Waals surface area contributed by atoms with Crippen molar-refractivity contribution in [2.45, 2.75) is 32.2 Å². The molecule has 2 N–H and O–H groups in total. The molecule has 0 aliphatic heterocycles. The molecule has 2 aliphatic rings. The number of fused-ring (bicyclic) bond motifs is 2. The first-order valence-electron chi connectivity index (χ1n) is 7.87. The number of hydrogen-bond donors (Lipinski definition) is 2. The quantitative estimate of drug-likeness (QED) is 0.875. The van der Waals surface area contributed by atoms with Crippen LogP contribution >= 0.6 is 0 Å². The molecule has 5 heteroatoms. The molecular weight excluding hydrogens is 285 g/mol. The molecule has 1 amide bonds. The van der Waals surface area contributed by atoms with Crippen molar-refractivity contribution in [1.82, 2.24) is 5.32 Å². The maximum atomic E-state index is 13.6. The molecule has 0 saturated heterocycles. The van der Waals surface area contributed by atoms with E-state index in [0.717, 1.165) is 24.8 Å². The molecule has 2 bridgehead atoms. The molecule has 3 rings (SSSR count). The first-order chi connectivity index (χ1) is 10.6. The maximum Gasteiger partial charge on any atom is 0.258 e. The third-order valence-corrected chi connectivity index (χ3v) is 5.07. The van der Waals surface area contributed by atoms with Crippen LogP contribution in [0.2, 0.25) is 0 Å². The summed E-state index contributed by atoms with van der Waals surface area (Å²) >= 11 is 0. The van der Waals surface area contributed by atoms with Gasteiger partial charge in [-0.05, 0) is 55.7 Å². The van der Waals surface area contributed by atoms with Gasteiger partial charge in [0, 0.05) is 18.6 Å². The highest BCUT2D eigenvalue weighted by atomic mass is 19.1. The van der Waals surface area contributed by atoms with Gasteiger partial charge in [0.1, 0.15) is 0 Å². The molecular formula is C17H22FNO3. The molecule has 4 nitrogen and oxygen atoms in total. The fourth-order valence-corrected chi connectivity index (χ4v) is 3.99. The topological polar surface area (TPSA) is 58.6 Å². The van der Waals surface area contributed by atoms with Gasteiger partial charge in [0.25, 0.3) is 5.91 Å². The van der Waals surface area contributed by atoms with Gasteiger partial charge >= 0.3 is 0 Å². The van der Waals surface area contributed by atoms with Gasteiger partial charge in [-0.2, -0.15) is 0 Å². The molecule has 1 aromatic rings. The van der Waals surface area contributed by atoms with Crippen LogP contribution in [0.1, 0.15) is 24.8 Å². The summed E-state index contributed by atoms with van der Waals surface area (Å²) in [5, 5.41) is 12.5. The molecule has 0 aromatic heterocycles. The number of aryl methyl sites for hydroxylation is 1. The van der Waals surface area contributed by atoms with E-state index in [0.29, 0.717) is 11.8 Å². The van der Waals surface area contributed by atoms with E-state index in [1.807, 2.05) is 6.92 Å². The average Bonchev–Trinajstić information content (AvgIpc) is 3.09. The number of aliphatic hydroxyl groups excluding tert-OH is 1. The van der Waals surface area contributed by atoms with Crippen LogP contribution in [0, 0.1) is 30.5 Å². The number of nitrogens with one attached hydrogen (secondary N) is 1. The molecule has 2 saturated carbocycles. The highest BCUT2D eigenvalue weighted by molar-refractivity contribution is 5.78. The standard InChI is InChI=1S/C17H22FNO3/c1-10-2-5-14(18)15(6-10)22-9-16(21)19-17-12-4-3-11(7-12)13(17)8-20/h2,5-6,11-13,17,20H,3-4,7-9H2,1H3,(H,19,21). The van der Waals surface area contributed by atoms with E-state index in [4.69, 9.17) is 4.74 Å². The summed E-state index contributed by atoms with van der Waals surface area (Å²) in [6.07, 6.45) is 3.34. The Balaban J connectivity index is 1.55. The van der Waals surface area contributed by atoms with Gasteiger partial charge in [-0.3, -0.25) is 4.79 Å². The number of carbonyl (C=O) groups is 1. The minimum atomic E-state index is -0.466. The Morgan fingerprint density at radius 1 is 1.41 bits per heavy atom. The van der Waals surface area contributed by atoms with Crippen molar-refractivity contribution in [2.24, 2.45) is 17.8 Å². The monoisotopic (exact) mass is 307 g/mol. The van der Waals surface area contributed by atoms with Crippen molar-refractivity contribution in [2.75, 3.05) is 13.2 Å². The lowest BCUT2D eigenvalue weighted by Gasteiger charge is -2.30. The van der Waals surface area contributed by atoms with Gasteiger partial charge in [0.05, 0.1) is 0 Å². The van der Waals surface area contributed by atoms with Crippen molar-refractivity contribution in [3.8, 4) is 5.75 Å². The molecule has 4 unspecified atom stereocenters. The smallest absolute Gasteiger partial charge is 0.258 e. The Kier molecular flexibility index (Phi) is 4.34. The lowest BCUT2D eigenvalue weighted by molar-refractivity contribution is -0.124. The average molecular weight is 307 g/mol. The van der Waals surface area contributed by atoms with Crippen molar-refractivity contribution in [1.29, 1.82) is 0 Å². The van der Waals surface area contributed by atoms with Crippen LogP contribution in [0.25, 0.3) is 0 Å². The van der Waals surface area contributed by atoms with E-state index in [-0.39, 0.29) is 36.8 Å². The predicted octanol–water partition coefficient (Wildman–Crippen LogP) is 2.04. The van der Waals surface area contributed by atoms with Crippen LogP contribution in [0.15, 0.2) is 18.2 Å². The Labute approximate surface area is 129 Å². The molecule has 0 spiro atoms. The second-order valence-corrected chi connectivity index (χ2v) is 6.50. The van der Waals surface area contributed by atoms with Gasteiger partial charge in [-0.1, -0.05) is 6.07 Å². The van der Waals surface area contributed by atoms with E-state index >= 15 is 0 Å². The van der Waals surface area contributed by atoms with Crippen LogP contribution < -0.4 is 10.1 Å². The highest BCUT2D eigenvalue weighted by Gasteiger charge is 2.47. The number of ether oxygens (including phenoxy) is 1. The fourth-order valence-electron chi connectivity index (χ4n) is 3.99. The van der Waals surface area contributed by atoms with Gasteiger partial charge in [-0.15, -0.1) is 0 Å². The molecule has 2 fully saturated rings. The van der Waals surface area contributed by atoms with Gasteiger partial charge < -0.3 is 15.2 Å². The number of carbonyl (C=O) groups excluding carboxylic acids is 1. The number of benzene rings is 1. The summed E-state index contributed by atoms with van der Waals surface area (Å²) in [6.45, 7) is 1.75. The minimum Gasteiger partial charge on any atom is -0.481 e. The van der Waals surface area contributed by atoms with Gasteiger partial charge in [0.15, 0.2) is 18.2 Å². The van der Waals surface area contributed by atoms with E-state index in [1.165, 1.54) is 6.07 Å². The molecule has 2 aliphatic carbocycles. The lowest BCUT2D eigenvalue weighted by atomic mass is 9.85. The number of halogens is 1. The number of amides is 1. The van der Waals surface area contributed by atoms with E-state index in [1.54, 1.807) is 12.1 Å². The Morgan fingerprint density at radius 2 is 2.18 bits per heavy atom. The Morgan fingerprint density at radius 3 is 2.95 bits per heavy atom. The van der Waals surface area contributed by atoms with Crippen LogP contribution in [-0.2, 0) is 4.79 Å². The molecule has 4 atom stereocenters. The van der Waals surface area contributed by atoms with Crippen molar-refractivity contribution in [3.05, 3.63) is 29.6 Å². The third kappa shape index (κ3) is 2.95. The minimum absolute atomic E-state index is 0.0298. The highest BCUT2D eigenvalue weighted by Crippen LogP contribution is 2.48. The predicted molar refractivity (Wildman–Crippen MR) is 80.0 cm³/mol. The van der Waals surface area contributed by atoms with Crippen LogP contribution in [0.3, 0.4) is 0 Å². The third-order valence-electron chi connectivity index (χ3n) is 5.07. The molecule has 22 heavy (non-hydrogen) atoms. The first-order valence-corrected chi connectivity index (χ1v) is 7.87. The largest absolute Gasteiger partial charge is 0.481 e. The van der Waals surface area contributed by atoms with E-state index < -0.39 is 5.82 Å². The number of rotatable bonds is 5. The second kappa shape index (κ2) is 6.24. The normalized spacial score (nSPS) is 29.6. The van der Waals surface area contributed by atoms with Crippen LogP contribution in [-0.4, -0.2) is 30.3 Å². The summed E-state index contributed by atoms with van der Waals surface area (Å²) in [7, 11) is 0. The lowest BCUT2D eigenvalue weighted by Crippen LogP contribution is -2.46. The van der Waals surface area contributed by atoms with E-state index in [2.05, 4.69) is 5.32 Å². The summed E-state index contributed by atoms with van der Waals surface area (Å²) in [4.78, 5) is 12.1. The van der Waals surface area contributed by atoms with Crippen molar-refractivity contribution < 1.29 is 19.0 Å². The van der Waals surface area contributed by atoms with E-state index in [9.17, 15) is 14.3 Å². The molecule has 120 valence electrons.